The number of halogens is 2. The maximum Gasteiger partial charge on any atom is 0.314 e. The molecule has 36 heavy (non-hydrogen) atoms. The van der Waals surface area contributed by atoms with Crippen LogP contribution in [0.15, 0.2) is 68.3 Å². The maximum absolute atomic E-state index is 14.9. The lowest BCUT2D eigenvalue weighted by Gasteiger charge is -2.20. The molecule has 1 unspecified atom stereocenters. The molecule has 2 aromatic heterocycles. The normalized spacial score (nSPS) is 12.1. The van der Waals surface area contributed by atoms with Crippen LogP contribution in [0.25, 0.3) is 33.7 Å². The molecule has 0 saturated carbocycles. The van der Waals surface area contributed by atoms with Gasteiger partial charge in [0, 0.05) is 22.4 Å². The summed E-state index contributed by atoms with van der Waals surface area (Å²) in [5, 5.41) is 6.08. The second kappa shape index (κ2) is 9.16. The number of fused-ring (bicyclic) bond motifs is 1. The highest BCUT2D eigenvalue weighted by molar-refractivity contribution is 7.71. The number of aromatic nitrogens is 2. The van der Waals surface area contributed by atoms with Crippen LogP contribution >= 0.6 is 12.2 Å². The van der Waals surface area contributed by atoms with E-state index in [0.29, 0.717) is 27.9 Å². The van der Waals surface area contributed by atoms with Crippen molar-refractivity contribution >= 4 is 28.9 Å². The quantitative estimate of drug-likeness (QED) is 0.245. The molecule has 5 aromatic rings. The van der Waals surface area contributed by atoms with Gasteiger partial charge in [0.05, 0.1) is 17.0 Å². The van der Waals surface area contributed by atoms with Crippen molar-refractivity contribution in [2.45, 2.75) is 26.8 Å². The van der Waals surface area contributed by atoms with Gasteiger partial charge in [-0.1, -0.05) is 36.4 Å². The van der Waals surface area contributed by atoms with E-state index >= 15 is 0 Å². The van der Waals surface area contributed by atoms with E-state index in [-0.39, 0.29) is 27.3 Å². The zero-order valence-corrected chi connectivity index (χ0v) is 20.4. The Bertz CT molecular complexity index is 1720. The average molecular weight is 506 g/mol. The third-order valence-electron chi connectivity index (χ3n) is 6.04. The molecule has 1 atom stereocenters. The van der Waals surface area contributed by atoms with Crippen molar-refractivity contribution in [2.75, 3.05) is 5.32 Å². The van der Waals surface area contributed by atoms with E-state index in [1.165, 1.54) is 6.07 Å². The van der Waals surface area contributed by atoms with E-state index in [0.717, 1.165) is 17.2 Å². The summed E-state index contributed by atoms with van der Waals surface area (Å²) >= 11 is 4.87. The number of rotatable bonds is 5. The number of nitrogens with zero attached hydrogens (tertiary/aromatic N) is 1. The van der Waals surface area contributed by atoms with Crippen molar-refractivity contribution in [3.05, 3.63) is 98.0 Å². The van der Waals surface area contributed by atoms with E-state index in [1.807, 2.05) is 50.2 Å². The fraction of sp³-hybridized carbons (Fsp3) is 0.148. The highest BCUT2D eigenvalue weighted by atomic mass is 32.1. The molecule has 0 fully saturated rings. The minimum atomic E-state index is -1.10. The molecular formula is C27H21F2N3O3S. The SMILES string of the molecule is Cc1cc(C(C)Nc2ccc(F)c(F)c2-c2nc(=S)o[nH]2)c2oc(-c3ccccc3)c(C)c(=O)c2c1. The third-order valence-corrected chi connectivity index (χ3v) is 6.21. The smallest absolute Gasteiger partial charge is 0.314 e. The molecule has 3 aromatic carbocycles. The molecule has 0 aliphatic rings. The van der Waals surface area contributed by atoms with Gasteiger partial charge in [-0.25, -0.2) is 13.9 Å². The summed E-state index contributed by atoms with van der Waals surface area (Å²) < 4.78 is 40.2. The fourth-order valence-electron chi connectivity index (χ4n) is 4.30. The molecule has 0 amide bonds. The van der Waals surface area contributed by atoms with Gasteiger partial charge in [-0.3, -0.25) is 4.79 Å². The number of benzene rings is 3. The van der Waals surface area contributed by atoms with Gasteiger partial charge in [0.2, 0.25) is 0 Å². The van der Waals surface area contributed by atoms with Gasteiger partial charge in [-0.15, -0.1) is 0 Å². The second-order valence-corrected chi connectivity index (χ2v) is 8.91. The third kappa shape index (κ3) is 4.11. The largest absolute Gasteiger partial charge is 0.455 e. The summed E-state index contributed by atoms with van der Waals surface area (Å²) in [7, 11) is 0. The summed E-state index contributed by atoms with van der Waals surface area (Å²) in [4.78, 5) is 17.1. The second-order valence-electron chi connectivity index (χ2n) is 8.56. The van der Waals surface area contributed by atoms with Crippen LogP contribution in [0.4, 0.5) is 14.5 Å². The summed E-state index contributed by atoms with van der Waals surface area (Å²) in [5.74, 6) is -1.71. The van der Waals surface area contributed by atoms with Crippen LogP contribution in [0, 0.1) is 30.3 Å². The van der Waals surface area contributed by atoms with Crippen LogP contribution in [-0.2, 0) is 0 Å². The molecule has 0 spiro atoms. The standard InChI is InChI=1S/C27H21F2N3O3S/c1-13-11-17(25-18(12-13)23(33)14(2)24(34-25)16-7-5-4-6-8-16)15(3)30-20-10-9-19(28)22(29)21(20)26-31-27(36)35-32-26/h4-12,15,30H,1-3H3,(H,31,32,36). The van der Waals surface area contributed by atoms with Gasteiger partial charge >= 0.3 is 4.84 Å². The van der Waals surface area contributed by atoms with Crippen LogP contribution in [0.2, 0.25) is 0 Å². The molecule has 0 aliphatic carbocycles. The Hall–Kier alpha value is -4.11. The Kier molecular flexibility index (Phi) is 6.01. The van der Waals surface area contributed by atoms with Crippen molar-refractivity contribution < 1.29 is 17.7 Å². The number of nitrogens with one attached hydrogen (secondary N) is 2. The molecule has 5 rings (SSSR count). The van der Waals surface area contributed by atoms with E-state index < -0.39 is 17.7 Å². The lowest BCUT2D eigenvalue weighted by atomic mass is 9.98. The minimum Gasteiger partial charge on any atom is -0.455 e. The molecule has 0 saturated heterocycles. The summed E-state index contributed by atoms with van der Waals surface area (Å²) in [6.45, 7) is 5.47. The summed E-state index contributed by atoms with van der Waals surface area (Å²) in [6.07, 6.45) is 0. The van der Waals surface area contributed by atoms with Crippen LogP contribution in [0.3, 0.4) is 0 Å². The van der Waals surface area contributed by atoms with Crippen LogP contribution in [0.5, 0.6) is 0 Å². The van der Waals surface area contributed by atoms with Crippen molar-refractivity contribution in [1.29, 1.82) is 0 Å². The Balaban J connectivity index is 1.67. The van der Waals surface area contributed by atoms with Gasteiger partial charge in [0.15, 0.2) is 22.9 Å². The maximum atomic E-state index is 14.9. The first-order valence-electron chi connectivity index (χ1n) is 11.2. The van der Waals surface area contributed by atoms with Gasteiger partial charge in [-0.2, -0.15) is 4.98 Å². The van der Waals surface area contributed by atoms with Gasteiger partial charge in [0.1, 0.15) is 11.3 Å². The highest BCUT2D eigenvalue weighted by Gasteiger charge is 2.23. The Labute approximate surface area is 209 Å². The predicted octanol–water partition coefficient (Wildman–Crippen LogP) is 7.24. The highest BCUT2D eigenvalue weighted by Crippen LogP contribution is 2.35. The minimum absolute atomic E-state index is 0.0469. The van der Waals surface area contributed by atoms with Crippen molar-refractivity contribution in [1.82, 2.24) is 10.1 Å². The number of aryl methyl sites for hydroxylation is 1. The van der Waals surface area contributed by atoms with Gasteiger partial charge in [0.25, 0.3) is 0 Å². The molecular weight excluding hydrogens is 484 g/mol. The molecule has 0 radical (unpaired) electrons. The number of H-pyrrole nitrogens is 1. The molecule has 6 nitrogen and oxygen atoms in total. The number of anilines is 1. The first-order valence-corrected chi connectivity index (χ1v) is 11.6. The monoisotopic (exact) mass is 505 g/mol. The lowest BCUT2D eigenvalue weighted by molar-refractivity contribution is 0.405. The fourth-order valence-corrected chi connectivity index (χ4v) is 4.44. The molecule has 9 heteroatoms. The number of hydrogen-bond donors (Lipinski definition) is 2. The van der Waals surface area contributed by atoms with E-state index in [2.05, 4.69) is 15.5 Å². The van der Waals surface area contributed by atoms with Crippen LogP contribution < -0.4 is 10.7 Å². The first-order chi connectivity index (χ1) is 17.2. The first kappa shape index (κ1) is 23.6. The summed E-state index contributed by atoms with van der Waals surface area (Å²) in [6, 6.07) is 15.0. The van der Waals surface area contributed by atoms with Crippen molar-refractivity contribution in [3.8, 4) is 22.7 Å². The van der Waals surface area contributed by atoms with E-state index in [1.54, 1.807) is 13.0 Å². The van der Waals surface area contributed by atoms with Gasteiger partial charge in [-0.05, 0) is 56.8 Å². The number of hydrogen-bond acceptors (Lipinski definition) is 6. The Morgan fingerprint density at radius 2 is 1.83 bits per heavy atom. The molecule has 0 aliphatic heterocycles. The predicted molar refractivity (Wildman–Crippen MR) is 136 cm³/mol. The average Bonchev–Trinajstić information content (AvgIpc) is 3.29. The molecule has 2 N–H and O–H groups in total. The Morgan fingerprint density at radius 1 is 1.08 bits per heavy atom. The summed E-state index contributed by atoms with van der Waals surface area (Å²) in [5.41, 5.74) is 3.23. The van der Waals surface area contributed by atoms with Crippen LogP contribution in [-0.4, -0.2) is 10.1 Å². The topological polar surface area (TPSA) is 84.1 Å². The van der Waals surface area contributed by atoms with Crippen molar-refractivity contribution in [2.24, 2.45) is 0 Å². The molecule has 0 bridgehead atoms. The van der Waals surface area contributed by atoms with Crippen LogP contribution in [0.1, 0.15) is 29.7 Å². The van der Waals surface area contributed by atoms with Gasteiger partial charge < -0.3 is 14.3 Å². The zero-order valence-electron chi connectivity index (χ0n) is 19.6. The lowest BCUT2D eigenvalue weighted by Crippen LogP contribution is -2.13. The Morgan fingerprint density at radius 3 is 2.53 bits per heavy atom. The van der Waals surface area contributed by atoms with E-state index in [4.69, 9.17) is 21.2 Å². The van der Waals surface area contributed by atoms with Crippen molar-refractivity contribution in [3.63, 3.8) is 0 Å². The number of aromatic amines is 1. The molecule has 182 valence electrons. The molecule has 2 heterocycles. The van der Waals surface area contributed by atoms with E-state index in [9.17, 15) is 13.6 Å². The zero-order chi connectivity index (χ0) is 25.6.